The lowest BCUT2D eigenvalue weighted by atomic mass is 10.1. The molecular weight excluding hydrogens is 278 g/mol. The van der Waals surface area contributed by atoms with Crippen molar-refractivity contribution in [3.63, 3.8) is 0 Å². The van der Waals surface area contributed by atoms with Gasteiger partial charge < -0.3 is 5.73 Å². The zero-order valence-electron chi connectivity index (χ0n) is 11.2. The van der Waals surface area contributed by atoms with Gasteiger partial charge in [-0.2, -0.15) is 23.5 Å². The molecule has 0 bridgehead atoms. The maximum atomic E-state index is 6.47. The van der Waals surface area contributed by atoms with Crippen molar-refractivity contribution in [1.82, 2.24) is 0 Å². The monoisotopic (exact) mass is 301 g/mol. The van der Waals surface area contributed by atoms with E-state index in [0.717, 1.165) is 18.1 Å². The van der Waals surface area contributed by atoms with Crippen LogP contribution in [-0.4, -0.2) is 28.0 Å². The van der Waals surface area contributed by atoms with Gasteiger partial charge in [-0.05, 0) is 31.4 Å². The van der Waals surface area contributed by atoms with Gasteiger partial charge in [0.25, 0.3) is 0 Å². The summed E-state index contributed by atoms with van der Waals surface area (Å²) in [6.45, 7) is 4.51. The molecule has 3 unspecified atom stereocenters. The highest BCUT2D eigenvalue weighted by Gasteiger charge is 2.30. The third-order valence-corrected chi connectivity index (χ3v) is 8.10. The van der Waals surface area contributed by atoms with E-state index in [1.807, 2.05) is 11.3 Å². The predicted molar refractivity (Wildman–Crippen MR) is 88.2 cm³/mol. The molecule has 4 heteroatoms. The van der Waals surface area contributed by atoms with Gasteiger partial charge in [0.15, 0.2) is 0 Å². The van der Waals surface area contributed by atoms with Crippen LogP contribution in [0.25, 0.3) is 0 Å². The summed E-state index contributed by atoms with van der Waals surface area (Å²) in [6.07, 6.45) is 3.45. The Morgan fingerprint density at radius 1 is 1.22 bits per heavy atom. The van der Waals surface area contributed by atoms with Gasteiger partial charge in [0.2, 0.25) is 0 Å². The molecule has 1 aromatic rings. The van der Waals surface area contributed by atoms with Crippen molar-refractivity contribution in [1.29, 1.82) is 0 Å². The molecule has 1 nitrogen and oxygen atoms in total. The van der Waals surface area contributed by atoms with Crippen molar-refractivity contribution in [2.45, 2.75) is 49.7 Å². The summed E-state index contributed by atoms with van der Waals surface area (Å²) in [7, 11) is 0. The number of hydrogen-bond donors (Lipinski definition) is 1. The molecule has 1 aromatic heterocycles. The largest absolute Gasteiger partial charge is 0.326 e. The van der Waals surface area contributed by atoms with Crippen LogP contribution in [-0.2, 0) is 12.8 Å². The van der Waals surface area contributed by atoms with Crippen LogP contribution in [0.4, 0.5) is 0 Å². The van der Waals surface area contributed by atoms with Crippen LogP contribution >= 0.6 is 34.9 Å². The lowest BCUT2D eigenvalue weighted by Crippen LogP contribution is -2.42. The number of hydrogen-bond acceptors (Lipinski definition) is 4. The van der Waals surface area contributed by atoms with Crippen LogP contribution in [0, 0.1) is 0 Å². The SMILES string of the molecule is CCc1ccc(CC(N)C2SCCSC2CC)s1. The van der Waals surface area contributed by atoms with E-state index in [-0.39, 0.29) is 0 Å². The smallest absolute Gasteiger partial charge is 0.0321 e. The fraction of sp³-hybridized carbons (Fsp3) is 0.714. The topological polar surface area (TPSA) is 26.0 Å². The zero-order valence-corrected chi connectivity index (χ0v) is 13.7. The first-order valence-corrected chi connectivity index (χ1v) is 9.72. The standard InChI is InChI=1S/C14H23NS3/c1-3-10-5-6-11(18-10)9-12(15)14-13(4-2)16-7-8-17-14/h5-6,12-14H,3-4,7-9,15H2,1-2H3. The van der Waals surface area contributed by atoms with E-state index < -0.39 is 0 Å². The van der Waals surface area contributed by atoms with Gasteiger partial charge in [-0.3, -0.25) is 0 Å². The van der Waals surface area contributed by atoms with Gasteiger partial charge in [-0.1, -0.05) is 13.8 Å². The fourth-order valence-electron chi connectivity index (χ4n) is 2.41. The van der Waals surface area contributed by atoms with Crippen molar-refractivity contribution in [3.05, 3.63) is 21.9 Å². The van der Waals surface area contributed by atoms with Gasteiger partial charge in [0.05, 0.1) is 0 Å². The average molecular weight is 302 g/mol. The van der Waals surface area contributed by atoms with Gasteiger partial charge in [-0.15, -0.1) is 11.3 Å². The molecule has 0 saturated carbocycles. The molecule has 0 radical (unpaired) electrons. The maximum absolute atomic E-state index is 6.47. The molecule has 1 aliphatic rings. The summed E-state index contributed by atoms with van der Waals surface area (Å²) in [5.41, 5.74) is 6.47. The summed E-state index contributed by atoms with van der Waals surface area (Å²) in [5, 5.41) is 1.39. The van der Waals surface area contributed by atoms with Gasteiger partial charge in [-0.25, -0.2) is 0 Å². The highest BCUT2D eigenvalue weighted by molar-refractivity contribution is 8.07. The Balaban J connectivity index is 1.95. The van der Waals surface area contributed by atoms with Gasteiger partial charge in [0.1, 0.15) is 0 Å². The molecule has 0 amide bonds. The highest BCUT2D eigenvalue weighted by atomic mass is 32.2. The van der Waals surface area contributed by atoms with Crippen molar-refractivity contribution in [3.8, 4) is 0 Å². The van der Waals surface area contributed by atoms with Gasteiger partial charge in [0, 0.05) is 37.8 Å². The average Bonchev–Trinajstić information content (AvgIpc) is 2.86. The summed E-state index contributed by atoms with van der Waals surface area (Å²) in [5.74, 6) is 2.57. The van der Waals surface area contributed by atoms with E-state index in [0.29, 0.717) is 11.3 Å². The Labute approximate surface area is 123 Å². The van der Waals surface area contributed by atoms with Crippen LogP contribution in [0.15, 0.2) is 12.1 Å². The molecule has 2 rings (SSSR count). The fourth-order valence-corrected chi connectivity index (χ4v) is 6.63. The van der Waals surface area contributed by atoms with Crippen molar-refractivity contribution >= 4 is 34.9 Å². The summed E-state index contributed by atoms with van der Waals surface area (Å²) >= 11 is 6.16. The van der Waals surface area contributed by atoms with Crippen molar-refractivity contribution in [2.24, 2.45) is 5.73 Å². The van der Waals surface area contributed by atoms with Gasteiger partial charge >= 0.3 is 0 Å². The van der Waals surface area contributed by atoms with Crippen LogP contribution in [0.3, 0.4) is 0 Å². The molecule has 0 spiro atoms. The predicted octanol–water partition coefficient (Wildman–Crippen LogP) is 3.81. The molecule has 1 aliphatic heterocycles. The molecule has 2 heterocycles. The van der Waals surface area contributed by atoms with E-state index in [4.69, 9.17) is 5.73 Å². The molecule has 18 heavy (non-hydrogen) atoms. The Bertz CT molecular complexity index is 364. The minimum absolute atomic E-state index is 0.316. The molecule has 102 valence electrons. The zero-order chi connectivity index (χ0) is 13.0. The first-order valence-electron chi connectivity index (χ1n) is 6.81. The molecule has 3 atom stereocenters. The Hall–Kier alpha value is 0.360. The molecule has 1 saturated heterocycles. The minimum Gasteiger partial charge on any atom is -0.326 e. The van der Waals surface area contributed by atoms with Crippen molar-refractivity contribution in [2.75, 3.05) is 11.5 Å². The number of nitrogens with two attached hydrogens (primary N) is 1. The number of rotatable bonds is 5. The molecular formula is C14H23NS3. The molecule has 2 N–H and O–H groups in total. The normalized spacial score (nSPS) is 26.2. The second kappa shape index (κ2) is 7.22. The number of thiophene rings is 1. The second-order valence-corrected chi connectivity index (χ2v) is 8.63. The summed E-state index contributed by atoms with van der Waals surface area (Å²) < 4.78 is 0. The quantitative estimate of drug-likeness (QED) is 0.895. The third-order valence-electron chi connectivity index (χ3n) is 3.42. The first kappa shape index (κ1) is 14.8. The number of aryl methyl sites for hydroxylation is 1. The lowest BCUT2D eigenvalue weighted by Gasteiger charge is -2.34. The first-order chi connectivity index (χ1) is 8.74. The van der Waals surface area contributed by atoms with Crippen LogP contribution < -0.4 is 5.73 Å². The van der Waals surface area contributed by atoms with E-state index in [1.54, 1.807) is 0 Å². The minimum atomic E-state index is 0.316. The van der Waals surface area contributed by atoms with E-state index >= 15 is 0 Å². The molecule has 0 aromatic carbocycles. The van der Waals surface area contributed by atoms with Crippen LogP contribution in [0.2, 0.25) is 0 Å². The summed E-state index contributed by atoms with van der Waals surface area (Å²) in [6, 6.07) is 4.84. The lowest BCUT2D eigenvalue weighted by molar-refractivity contribution is 0.601. The maximum Gasteiger partial charge on any atom is 0.0321 e. The Morgan fingerprint density at radius 3 is 2.61 bits per heavy atom. The van der Waals surface area contributed by atoms with E-state index in [1.165, 1.54) is 27.7 Å². The van der Waals surface area contributed by atoms with E-state index in [2.05, 4.69) is 49.5 Å². The third kappa shape index (κ3) is 3.69. The second-order valence-electron chi connectivity index (χ2n) is 4.74. The Morgan fingerprint density at radius 2 is 1.94 bits per heavy atom. The highest BCUT2D eigenvalue weighted by Crippen LogP contribution is 2.35. The number of thioether (sulfide) groups is 2. The Kier molecular flexibility index (Phi) is 5.93. The molecule has 0 aliphatic carbocycles. The van der Waals surface area contributed by atoms with Crippen LogP contribution in [0.1, 0.15) is 30.0 Å². The van der Waals surface area contributed by atoms with Crippen LogP contribution in [0.5, 0.6) is 0 Å². The summed E-state index contributed by atoms with van der Waals surface area (Å²) in [4.78, 5) is 2.94. The van der Waals surface area contributed by atoms with Crippen molar-refractivity contribution < 1.29 is 0 Å². The van der Waals surface area contributed by atoms with E-state index in [9.17, 15) is 0 Å². The molecule has 1 fully saturated rings.